The second-order valence-corrected chi connectivity index (χ2v) is 6.70. The Morgan fingerprint density at radius 3 is 2.78 bits per heavy atom. The molecule has 7 nitrogen and oxygen atoms in total. The molecule has 23 heavy (non-hydrogen) atoms. The van der Waals surface area contributed by atoms with E-state index in [1.165, 1.54) is 11.3 Å². The van der Waals surface area contributed by atoms with Crippen molar-refractivity contribution >= 4 is 28.5 Å². The van der Waals surface area contributed by atoms with Crippen LogP contribution in [0.3, 0.4) is 0 Å². The third-order valence-electron chi connectivity index (χ3n) is 3.63. The first-order valence-corrected chi connectivity index (χ1v) is 8.93. The molecule has 0 saturated heterocycles. The number of guanidine groups is 1. The molecule has 2 rings (SSSR count). The molecule has 128 valence electrons. The van der Waals surface area contributed by atoms with Gasteiger partial charge < -0.3 is 20.7 Å². The smallest absolute Gasteiger partial charge is 0.410 e. The fourth-order valence-electron chi connectivity index (χ4n) is 2.69. The van der Waals surface area contributed by atoms with Crippen LogP contribution in [-0.2, 0) is 11.2 Å². The predicted molar refractivity (Wildman–Crippen MR) is 92.0 cm³/mol. The third-order valence-corrected chi connectivity index (χ3v) is 4.68. The van der Waals surface area contributed by atoms with Gasteiger partial charge >= 0.3 is 6.09 Å². The van der Waals surface area contributed by atoms with Gasteiger partial charge in [0.05, 0.1) is 5.69 Å². The number of amides is 1. The first kappa shape index (κ1) is 17.5. The lowest BCUT2D eigenvalue weighted by atomic mass is 10.0. The van der Waals surface area contributed by atoms with Crippen molar-refractivity contribution < 1.29 is 9.53 Å². The second-order valence-electron chi connectivity index (χ2n) is 5.62. The highest BCUT2D eigenvalue weighted by Gasteiger charge is 2.29. The van der Waals surface area contributed by atoms with Gasteiger partial charge in [0.25, 0.3) is 0 Å². The number of thiazole rings is 1. The van der Waals surface area contributed by atoms with Crippen LogP contribution in [0.25, 0.3) is 0 Å². The number of nitrogens with zero attached hydrogens (tertiary/aromatic N) is 2. The molecule has 1 atom stereocenters. The van der Waals surface area contributed by atoms with E-state index < -0.39 is 0 Å². The standard InChI is InChI=1S/C15H25N5O2S/c1-3-8-20(9-4-2)15(21)22-10-6-5-7-11-12(10)18-14(23-11)19-13(16)17/h10H,3-9H2,1-2H3,(H4,16,17,18,19). The normalized spacial score (nSPS) is 16.5. The lowest BCUT2D eigenvalue weighted by Crippen LogP contribution is -2.34. The highest BCUT2D eigenvalue weighted by molar-refractivity contribution is 7.15. The molecule has 1 aliphatic rings. The SMILES string of the molecule is CCCN(CCC)C(=O)OC1CCCc2sc(NC(=N)N)nc21. The van der Waals surface area contributed by atoms with Gasteiger partial charge in [-0.3, -0.25) is 5.41 Å². The molecule has 4 N–H and O–H groups in total. The van der Waals surface area contributed by atoms with E-state index in [0.717, 1.165) is 42.7 Å². The van der Waals surface area contributed by atoms with Crippen LogP contribution in [0.5, 0.6) is 0 Å². The van der Waals surface area contributed by atoms with E-state index in [4.69, 9.17) is 15.9 Å². The van der Waals surface area contributed by atoms with Crippen LogP contribution in [0.15, 0.2) is 0 Å². The first-order valence-electron chi connectivity index (χ1n) is 8.11. The van der Waals surface area contributed by atoms with E-state index in [0.29, 0.717) is 18.2 Å². The molecule has 0 aromatic carbocycles. The van der Waals surface area contributed by atoms with E-state index in [1.54, 1.807) is 4.90 Å². The largest absolute Gasteiger partial charge is 0.440 e. The Labute approximate surface area is 140 Å². The van der Waals surface area contributed by atoms with Crippen molar-refractivity contribution in [2.24, 2.45) is 5.73 Å². The summed E-state index contributed by atoms with van der Waals surface area (Å²) in [5, 5.41) is 10.6. The average Bonchev–Trinajstić information content (AvgIpc) is 2.89. The molecule has 1 heterocycles. The molecule has 1 aromatic heterocycles. The zero-order valence-corrected chi connectivity index (χ0v) is 14.5. The topological polar surface area (TPSA) is 104 Å². The molecule has 1 amide bonds. The number of hydrogen-bond donors (Lipinski definition) is 3. The number of carbonyl (C=O) groups excluding carboxylic acids is 1. The zero-order chi connectivity index (χ0) is 16.8. The second kappa shape index (κ2) is 8.14. The number of aromatic nitrogens is 1. The van der Waals surface area contributed by atoms with Crippen molar-refractivity contribution in [1.82, 2.24) is 9.88 Å². The maximum atomic E-state index is 12.4. The zero-order valence-electron chi connectivity index (χ0n) is 13.7. The van der Waals surface area contributed by atoms with E-state index in [2.05, 4.69) is 24.1 Å². The summed E-state index contributed by atoms with van der Waals surface area (Å²) >= 11 is 1.48. The molecule has 0 aliphatic heterocycles. The van der Waals surface area contributed by atoms with E-state index in [-0.39, 0.29) is 18.2 Å². The van der Waals surface area contributed by atoms with Gasteiger partial charge in [0.15, 0.2) is 11.1 Å². The Morgan fingerprint density at radius 1 is 1.48 bits per heavy atom. The molecule has 0 fully saturated rings. The van der Waals surface area contributed by atoms with Crippen LogP contribution in [0.2, 0.25) is 0 Å². The maximum absolute atomic E-state index is 12.4. The number of aryl methyl sites for hydroxylation is 1. The van der Waals surface area contributed by atoms with Gasteiger partial charge in [-0.15, -0.1) is 11.3 Å². The Morgan fingerprint density at radius 2 is 2.17 bits per heavy atom. The van der Waals surface area contributed by atoms with E-state index in [9.17, 15) is 4.79 Å². The van der Waals surface area contributed by atoms with Crippen molar-refractivity contribution in [3.63, 3.8) is 0 Å². The summed E-state index contributed by atoms with van der Waals surface area (Å²) in [6, 6.07) is 0. The number of carbonyl (C=O) groups is 1. The summed E-state index contributed by atoms with van der Waals surface area (Å²) in [4.78, 5) is 19.7. The van der Waals surface area contributed by atoms with Crippen molar-refractivity contribution in [1.29, 1.82) is 5.41 Å². The molecule has 0 saturated carbocycles. The van der Waals surface area contributed by atoms with E-state index >= 15 is 0 Å². The summed E-state index contributed by atoms with van der Waals surface area (Å²) in [6.45, 7) is 5.52. The number of hydrogen-bond acceptors (Lipinski definition) is 5. The minimum atomic E-state index is -0.304. The molecular weight excluding hydrogens is 314 g/mol. The Hall–Kier alpha value is -1.83. The molecule has 1 aliphatic carbocycles. The molecule has 0 radical (unpaired) electrons. The van der Waals surface area contributed by atoms with Gasteiger partial charge in [-0.05, 0) is 32.1 Å². The quantitative estimate of drug-likeness (QED) is 0.546. The van der Waals surface area contributed by atoms with Gasteiger partial charge in [0.2, 0.25) is 0 Å². The maximum Gasteiger partial charge on any atom is 0.410 e. The predicted octanol–water partition coefficient (Wildman–Crippen LogP) is 3.08. The van der Waals surface area contributed by atoms with Crippen molar-refractivity contribution in [3.8, 4) is 0 Å². The lowest BCUT2D eigenvalue weighted by molar-refractivity contribution is 0.0529. The van der Waals surface area contributed by atoms with Crippen LogP contribution >= 0.6 is 11.3 Å². The number of fused-ring (bicyclic) bond motifs is 1. The van der Waals surface area contributed by atoms with Crippen LogP contribution in [0, 0.1) is 5.41 Å². The highest BCUT2D eigenvalue weighted by atomic mass is 32.1. The molecule has 8 heteroatoms. The van der Waals surface area contributed by atoms with Gasteiger partial charge in [-0.2, -0.15) is 0 Å². The van der Waals surface area contributed by atoms with Crippen molar-refractivity contribution in [2.75, 3.05) is 18.4 Å². The van der Waals surface area contributed by atoms with Gasteiger partial charge in [-0.1, -0.05) is 13.8 Å². The molecule has 1 unspecified atom stereocenters. The summed E-state index contributed by atoms with van der Waals surface area (Å²) in [7, 11) is 0. The molecule has 0 bridgehead atoms. The Kier molecular flexibility index (Phi) is 6.20. The highest BCUT2D eigenvalue weighted by Crippen LogP contribution is 2.37. The third kappa shape index (κ3) is 4.57. The number of nitrogens with two attached hydrogens (primary N) is 1. The number of rotatable bonds is 6. The summed E-state index contributed by atoms with van der Waals surface area (Å²) in [5.41, 5.74) is 6.16. The van der Waals surface area contributed by atoms with Gasteiger partial charge in [0.1, 0.15) is 6.10 Å². The number of anilines is 1. The molecule has 1 aromatic rings. The summed E-state index contributed by atoms with van der Waals surface area (Å²) < 4.78 is 5.72. The minimum absolute atomic E-state index is 0.137. The van der Waals surface area contributed by atoms with Crippen molar-refractivity contribution in [3.05, 3.63) is 10.6 Å². The van der Waals surface area contributed by atoms with Gasteiger partial charge in [-0.25, -0.2) is 9.78 Å². The summed E-state index contributed by atoms with van der Waals surface area (Å²) in [6.07, 6.45) is 3.93. The Balaban J connectivity index is 2.08. The van der Waals surface area contributed by atoms with Crippen LogP contribution < -0.4 is 11.1 Å². The number of nitrogens with one attached hydrogen (secondary N) is 2. The van der Waals surface area contributed by atoms with Crippen molar-refractivity contribution in [2.45, 2.75) is 52.1 Å². The first-order chi connectivity index (χ1) is 11.0. The fourth-order valence-corrected chi connectivity index (χ4v) is 3.76. The lowest BCUT2D eigenvalue weighted by Gasteiger charge is -2.26. The van der Waals surface area contributed by atoms with Gasteiger partial charge in [0, 0.05) is 18.0 Å². The van der Waals surface area contributed by atoms with Crippen LogP contribution in [0.1, 0.15) is 56.2 Å². The molecular formula is C15H25N5O2S. The minimum Gasteiger partial charge on any atom is -0.440 e. The van der Waals surface area contributed by atoms with E-state index in [1.807, 2.05) is 0 Å². The van der Waals surface area contributed by atoms with Crippen LogP contribution in [0.4, 0.5) is 9.93 Å². The average molecular weight is 339 g/mol. The monoisotopic (exact) mass is 339 g/mol. The fraction of sp³-hybridized carbons (Fsp3) is 0.667. The molecule has 0 spiro atoms. The summed E-state index contributed by atoms with van der Waals surface area (Å²) in [5.74, 6) is -0.137. The number of ether oxygens (including phenoxy) is 1. The van der Waals surface area contributed by atoms with Crippen LogP contribution in [-0.4, -0.2) is 35.0 Å². The Bertz CT molecular complexity index is 554.